The van der Waals surface area contributed by atoms with Crippen molar-refractivity contribution in [2.45, 2.75) is 39.5 Å². The Labute approximate surface area is 128 Å². The summed E-state index contributed by atoms with van der Waals surface area (Å²) in [5, 5.41) is 0. The van der Waals surface area contributed by atoms with Crippen LogP contribution in [0.1, 0.15) is 49.9 Å². The molecule has 0 bridgehead atoms. The first-order valence-electron chi connectivity index (χ1n) is 7.87. The molecule has 0 heterocycles. The molecule has 0 atom stereocenters. The third kappa shape index (κ3) is 4.96. The summed E-state index contributed by atoms with van der Waals surface area (Å²) < 4.78 is 0. The number of carbonyl (C=O) groups is 1. The zero-order valence-electron chi connectivity index (χ0n) is 13.9. The van der Waals surface area contributed by atoms with Gasteiger partial charge in [0.1, 0.15) is 0 Å². The number of amides is 1. The maximum absolute atomic E-state index is 12.9. The lowest BCUT2D eigenvalue weighted by molar-refractivity contribution is 0.0752. The summed E-state index contributed by atoms with van der Waals surface area (Å²) >= 11 is 0. The molecule has 0 spiro atoms. The number of rotatable bonds is 8. The molecule has 0 unspecified atom stereocenters. The molecular formula is C17H29N3O. The smallest absolute Gasteiger partial charge is 0.256 e. The highest BCUT2D eigenvalue weighted by Gasteiger charge is 2.19. The molecule has 0 fully saturated rings. The maximum atomic E-state index is 12.9. The van der Waals surface area contributed by atoms with Gasteiger partial charge in [0.2, 0.25) is 0 Å². The van der Waals surface area contributed by atoms with Gasteiger partial charge in [-0.05, 0) is 31.0 Å². The lowest BCUT2D eigenvalue weighted by Gasteiger charge is -2.25. The largest absolute Gasteiger partial charge is 0.399 e. The molecule has 21 heavy (non-hydrogen) atoms. The Morgan fingerprint density at radius 1 is 1.10 bits per heavy atom. The lowest BCUT2D eigenvalue weighted by atomic mass is 10.1. The van der Waals surface area contributed by atoms with Crippen molar-refractivity contribution in [2.75, 3.05) is 37.8 Å². The van der Waals surface area contributed by atoms with Gasteiger partial charge in [0.05, 0.1) is 5.56 Å². The van der Waals surface area contributed by atoms with E-state index in [0.29, 0.717) is 11.3 Å². The number of hydrogen-bond acceptors (Lipinski definition) is 3. The van der Waals surface area contributed by atoms with Crippen molar-refractivity contribution in [2.24, 2.45) is 0 Å². The molecule has 0 saturated heterocycles. The molecule has 0 radical (unpaired) electrons. The highest BCUT2D eigenvalue weighted by Crippen LogP contribution is 2.23. The average molecular weight is 291 g/mol. The topological polar surface area (TPSA) is 49.6 Å². The second kappa shape index (κ2) is 8.55. The van der Waals surface area contributed by atoms with Crippen LogP contribution in [0.15, 0.2) is 18.2 Å². The molecule has 0 aliphatic heterocycles. The van der Waals surface area contributed by atoms with Gasteiger partial charge < -0.3 is 15.5 Å². The van der Waals surface area contributed by atoms with E-state index in [-0.39, 0.29) is 5.91 Å². The van der Waals surface area contributed by atoms with Crippen LogP contribution in [-0.2, 0) is 0 Å². The van der Waals surface area contributed by atoms with Crippen LogP contribution in [0.25, 0.3) is 0 Å². The minimum Gasteiger partial charge on any atom is -0.399 e. The molecule has 4 heteroatoms. The van der Waals surface area contributed by atoms with E-state index in [4.69, 9.17) is 5.73 Å². The first-order valence-corrected chi connectivity index (χ1v) is 7.87. The number of anilines is 2. The summed E-state index contributed by atoms with van der Waals surface area (Å²) in [4.78, 5) is 16.8. The van der Waals surface area contributed by atoms with Crippen molar-refractivity contribution < 1.29 is 4.79 Å². The van der Waals surface area contributed by atoms with Gasteiger partial charge in [-0.1, -0.05) is 26.7 Å². The van der Waals surface area contributed by atoms with Crippen molar-refractivity contribution in [3.05, 3.63) is 23.8 Å². The van der Waals surface area contributed by atoms with E-state index < -0.39 is 0 Å². The molecule has 1 amide bonds. The molecule has 2 N–H and O–H groups in total. The predicted octanol–water partition coefficient (Wildman–Crippen LogP) is 3.38. The highest BCUT2D eigenvalue weighted by molar-refractivity contribution is 6.00. The van der Waals surface area contributed by atoms with Crippen molar-refractivity contribution in [1.29, 1.82) is 0 Å². The third-order valence-corrected chi connectivity index (χ3v) is 3.58. The maximum Gasteiger partial charge on any atom is 0.256 e. The zero-order chi connectivity index (χ0) is 15.8. The summed E-state index contributed by atoms with van der Waals surface area (Å²) in [5.41, 5.74) is 8.14. The number of benzene rings is 1. The van der Waals surface area contributed by atoms with Crippen LogP contribution in [0, 0.1) is 0 Å². The fourth-order valence-electron chi connectivity index (χ4n) is 2.30. The van der Waals surface area contributed by atoms with Crippen LogP contribution < -0.4 is 10.6 Å². The SMILES string of the molecule is CCCCN(CCCC)C(=O)c1cc(N)ccc1N(C)C. The average Bonchev–Trinajstić information content (AvgIpc) is 2.46. The van der Waals surface area contributed by atoms with Gasteiger partial charge >= 0.3 is 0 Å². The Morgan fingerprint density at radius 3 is 2.14 bits per heavy atom. The van der Waals surface area contributed by atoms with Gasteiger partial charge in [0, 0.05) is 38.6 Å². The molecule has 1 aromatic carbocycles. The molecule has 0 aliphatic carbocycles. The quantitative estimate of drug-likeness (QED) is 0.747. The fourth-order valence-corrected chi connectivity index (χ4v) is 2.30. The predicted molar refractivity (Wildman–Crippen MR) is 90.9 cm³/mol. The Hall–Kier alpha value is -1.71. The second-order valence-corrected chi connectivity index (χ2v) is 5.67. The molecule has 1 aromatic rings. The Morgan fingerprint density at radius 2 is 1.67 bits per heavy atom. The first-order chi connectivity index (χ1) is 10.0. The number of carbonyl (C=O) groups excluding carboxylic acids is 1. The summed E-state index contributed by atoms with van der Waals surface area (Å²) in [6.45, 7) is 5.93. The molecule has 1 rings (SSSR count). The second-order valence-electron chi connectivity index (χ2n) is 5.67. The Kier molecular flexibility index (Phi) is 7.06. The number of unbranched alkanes of at least 4 members (excludes halogenated alkanes) is 2. The van der Waals surface area contributed by atoms with E-state index in [1.54, 1.807) is 6.07 Å². The molecule has 4 nitrogen and oxygen atoms in total. The third-order valence-electron chi connectivity index (χ3n) is 3.58. The van der Waals surface area contributed by atoms with Crippen LogP contribution in [-0.4, -0.2) is 38.0 Å². The number of hydrogen-bond donors (Lipinski definition) is 1. The lowest BCUT2D eigenvalue weighted by Crippen LogP contribution is -2.34. The van der Waals surface area contributed by atoms with E-state index in [2.05, 4.69) is 13.8 Å². The standard InChI is InChI=1S/C17H29N3O/c1-5-7-11-20(12-8-6-2)17(21)15-13-14(18)9-10-16(15)19(3)4/h9-10,13H,5-8,11-12,18H2,1-4H3. The van der Waals surface area contributed by atoms with Crippen LogP contribution in [0.3, 0.4) is 0 Å². The van der Waals surface area contributed by atoms with E-state index >= 15 is 0 Å². The zero-order valence-corrected chi connectivity index (χ0v) is 13.9. The van der Waals surface area contributed by atoms with Gasteiger partial charge in [-0.15, -0.1) is 0 Å². The minimum absolute atomic E-state index is 0.0906. The van der Waals surface area contributed by atoms with Crippen molar-refractivity contribution in [1.82, 2.24) is 4.90 Å². The number of nitrogens with zero attached hydrogens (tertiary/aromatic N) is 2. The summed E-state index contributed by atoms with van der Waals surface area (Å²) in [6.07, 6.45) is 4.25. The number of nitrogens with two attached hydrogens (primary N) is 1. The van der Waals surface area contributed by atoms with Gasteiger partial charge in [-0.3, -0.25) is 4.79 Å². The highest BCUT2D eigenvalue weighted by atomic mass is 16.2. The summed E-state index contributed by atoms with van der Waals surface area (Å²) in [7, 11) is 3.90. The van der Waals surface area contributed by atoms with E-state index in [9.17, 15) is 4.79 Å². The van der Waals surface area contributed by atoms with Gasteiger partial charge in [0.25, 0.3) is 5.91 Å². The molecule has 0 aliphatic rings. The van der Waals surface area contributed by atoms with Crippen LogP contribution in [0.2, 0.25) is 0 Å². The Bertz CT molecular complexity index is 449. The number of nitrogen functional groups attached to an aromatic ring is 1. The first kappa shape index (κ1) is 17.3. The molecular weight excluding hydrogens is 262 g/mol. The molecule has 0 saturated carbocycles. The molecule has 0 aromatic heterocycles. The van der Waals surface area contributed by atoms with Gasteiger partial charge in [0.15, 0.2) is 0 Å². The van der Waals surface area contributed by atoms with Crippen molar-refractivity contribution >= 4 is 17.3 Å². The van der Waals surface area contributed by atoms with Gasteiger partial charge in [-0.2, -0.15) is 0 Å². The molecule has 118 valence electrons. The van der Waals surface area contributed by atoms with E-state index in [0.717, 1.165) is 44.5 Å². The minimum atomic E-state index is 0.0906. The van der Waals surface area contributed by atoms with Crippen molar-refractivity contribution in [3.8, 4) is 0 Å². The van der Waals surface area contributed by atoms with Crippen LogP contribution >= 0.6 is 0 Å². The Balaban J connectivity index is 3.03. The van der Waals surface area contributed by atoms with Crippen LogP contribution in [0.4, 0.5) is 11.4 Å². The van der Waals surface area contributed by atoms with E-state index in [1.165, 1.54) is 0 Å². The van der Waals surface area contributed by atoms with Crippen LogP contribution in [0.5, 0.6) is 0 Å². The fraction of sp³-hybridized carbons (Fsp3) is 0.588. The summed E-state index contributed by atoms with van der Waals surface area (Å²) in [5.74, 6) is 0.0906. The normalized spacial score (nSPS) is 10.5. The summed E-state index contributed by atoms with van der Waals surface area (Å²) in [6, 6.07) is 5.55. The monoisotopic (exact) mass is 291 g/mol. The van der Waals surface area contributed by atoms with Crippen molar-refractivity contribution in [3.63, 3.8) is 0 Å². The van der Waals surface area contributed by atoms with Gasteiger partial charge in [-0.25, -0.2) is 0 Å². The van der Waals surface area contributed by atoms with E-state index in [1.807, 2.05) is 36.0 Å².